The first kappa shape index (κ1) is 16.8. The predicted octanol–water partition coefficient (Wildman–Crippen LogP) is 3.53. The normalized spacial score (nSPS) is 10.4. The standard InChI is InChI=1S/C20H20N2O3/c23-11-12-25-19-8-4-3-7-17(19)14-21-20(24)22-18-10-9-15-5-1-2-6-16(15)13-18/h1-10,13,23H,11-12,14H2,(H2,21,22,24). The average Bonchev–Trinajstić information content (AvgIpc) is 2.65. The highest BCUT2D eigenvalue weighted by Crippen LogP contribution is 2.19. The third-order valence-corrected chi connectivity index (χ3v) is 3.77. The molecule has 0 saturated heterocycles. The second kappa shape index (κ2) is 8.17. The zero-order valence-corrected chi connectivity index (χ0v) is 13.7. The number of aliphatic hydroxyl groups excluding tert-OH is 1. The van der Waals surface area contributed by atoms with Crippen molar-refractivity contribution in [2.45, 2.75) is 6.54 Å². The van der Waals surface area contributed by atoms with Crippen molar-refractivity contribution in [1.29, 1.82) is 0 Å². The quantitative estimate of drug-likeness (QED) is 0.645. The number of rotatable bonds is 6. The van der Waals surface area contributed by atoms with Crippen LogP contribution in [0.1, 0.15) is 5.56 Å². The van der Waals surface area contributed by atoms with Gasteiger partial charge >= 0.3 is 6.03 Å². The Morgan fingerprint density at radius 1 is 0.960 bits per heavy atom. The maximum Gasteiger partial charge on any atom is 0.319 e. The number of fused-ring (bicyclic) bond motifs is 1. The first-order valence-corrected chi connectivity index (χ1v) is 8.11. The van der Waals surface area contributed by atoms with Crippen LogP contribution in [0.15, 0.2) is 66.7 Å². The monoisotopic (exact) mass is 336 g/mol. The van der Waals surface area contributed by atoms with Crippen LogP contribution in [0.25, 0.3) is 10.8 Å². The van der Waals surface area contributed by atoms with Crippen molar-refractivity contribution in [3.63, 3.8) is 0 Å². The second-order valence-electron chi connectivity index (χ2n) is 5.55. The third kappa shape index (κ3) is 4.49. The van der Waals surface area contributed by atoms with E-state index in [0.717, 1.165) is 22.0 Å². The summed E-state index contributed by atoms with van der Waals surface area (Å²) in [6, 6.07) is 20.9. The Labute approximate surface area is 146 Å². The van der Waals surface area contributed by atoms with Crippen LogP contribution in [0, 0.1) is 0 Å². The molecule has 5 heteroatoms. The molecule has 2 amide bonds. The number of carbonyl (C=O) groups excluding carboxylic acids is 1. The molecule has 0 bridgehead atoms. The van der Waals surface area contributed by atoms with E-state index < -0.39 is 0 Å². The SMILES string of the molecule is O=C(NCc1ccccc1OCCO)Nc1ccc2ccccc2c1. The van der Waals surface area contributed by atoms with Crippen molar-refractivity contribution >= 4 is 22.5 Å². The highest BCUT2D eigenvalue weighted by molar-refractivity contribution is 5.93. The first-order valence-electron chi connectivity index (χ1n) is 8.11. The number of ether oxygens (including phenoxy) is 1. The van der Waals surface area contributed by atoms with Crippen LogP contribution in [0.5, 0.6) is 5.75 Å². The summed E-state index contributed by atoms with van der Waals surface area (Å²) in [5, 5.41) is 16.7. The topological polar surface area (TPSA) is 70.6 Å². The van der Waals surface area contributed by atoms with Gasteiger partial charge in [-0.25, -0.2) is 4.79 Å². The predicted molar refractivity (Wildman–Crippen MR) is 98.8 cm³/mol. The molecule has 0 atom stereocenters. The number of urea groups is 1. The van der Waals surface area contributed by atoms with Gasteiger partial charge in [0.25, 0.3) is 0 Å². The van der Waals surface area contributed by atoms with Crippen LogP contribution in [-0.2, 0) is 6.54 Å². The Balaban J connectivity index is 1.61. The summed E-state index contributed by atoms with van der Waals surface area (Å²) in [6.07, 6.45) is 0. The number of benzene rings is 3. The Hall–Kier alpha value is -3.05. The summed E-state index contributed by atoms with van der Waals surface area (Å²) in [5.41, 5.74) is 1.59. The number of hydrogen-bond donors (Lipinski definition) is 3. The molecule has 25 heavy (non-hydrogen) atoms. The van der Waals surface area contributed by atoms with Gasteiger partial charge in [0.1, 0.15) is 12.4 Å². The Morgan fingerprint density at radius 3 is 2.56 bits per heavy atom. The van der Waals surface area contributed by atoms with E-state index >= 15 is 0 Å². The van der Waals surface area contributed by atoms with Crippen LogP contribution >= 0.6 is 0 Å². The Bertz CT molecular complexity index is 864. The molecule has 0 aliphatic carbocycles. The molecule has 0 saturated carbocycles. The molecule has 0 aliphatic heterocycles. The molecule has 3 rings (SSSR count). The number of para-hydroxylation sites is 1. The van der Waals surface area contributed by atoms with Gasteiger partial charge in [-0.05, 0) is 29.0 Å². The third-order valence-electron chi connectivity index (χ3n) is 3.77. The molecule has 0 aliphatic rings. The zero-order valence-electron chi connectivity index (χ0n) is 13.7. The molecule has 0 fully saturated rings. The van der Waals surface area contributed by atoms with Crippen LogP contribution in [0.4, 0.5) is 10.5 Å². The summed E-state index contributed by atoms with van der Waals surface area (Å²) in [7, 11) is 0. The van der Waals surface area contributed by atoms with Crippen molar-refractivity contribution in [2.75, 3.05) is 18.5 Å². The fourth-order valence-corrected chi connectivity index (χ4v) is 2.56. The fourth-order valence-electron chi connectivity index (χ4n) is 2.56. The minimum Gasteiger partial charge on any atom is -0.491 e. The molecule has 0 aromatic heterocycles. The maximum atomic E-state index is 12.1. The lowest BCUT2D eigenvalue weighted by Gasteiger charge is -2.12. The first-order chi connectivity index (χ1) is 12.3. The lowest BCUT2D eigenvalue weighted by atomic mass is 10.1. The summed E-state index contributed by atoms with van der Waals surface area (Å²) in [4.78, 5) is 12.1. The minimum absolute atomic E-state index is 0.0514. The van der Waals surface area contributed by atoms with Crippen molar-refractivity contribution in [3.05, 3.63) is 72.3 Å². The van der Waals surface area contributed by atoms with E-state index in [9.17, 15) is 4.79 Å². The zero-order chi connectivity index (χ0) is 17.5. The molecule has 0 heterocycles. The van der Waals surface area contributed by atoms with Gasteiger partial charge in [0.05, 0.1) is 6.61 Å². The summed E-state index contributed by atoms with van der Waals surface area (Å²) in [6.45, 7) is 0.505. The number of carbonyl (C=O) groups is 1. The number of amides is 2. The molecule has 0 spiro atoms. The van der Waals surface area contributed by atoms with Crippen LogP contribution < -0.4 is 15.4 Å². The van der Waals surface area contributed by atoms with Crippen LogP contribution in [0.3, 0.4) is 0 Å². The van der Waals surface area contributed by atoms with Gasteiger partial charge in [-0.1, -0.05) is 48.5 Å². The minimum atomic E-state index is -0.285. The largest absolute Gasteiger partial charge is 0.491 e. The second-order valence-corrected chi connectivity index (χ2v) is 5.55. The van der Waals surface area contributed by atoms with Gasteiger partial charge in [-0.2, -0.15) is 0 Å². The molecule has 3 aromatic rings. The molecule has 0 unspecified atom stereocenters. The van der Waals surface area contributed by atoms with E-state index in [1.807, 2.05) is 66.7 Å². The smallest absolute Gasteiger partial charge is 0.319 e. The number of anilines is 1. The number of nitrogens with one attached hydrogen (secondary N) is 2. The molecule has 3 aromatic carbocycles. The van der Waals surface area contributed by atoms with Gasteiger partial charge in [0.15, 0.2) is 0 Å². The van der Waals surface area contributed by atoms with Gasteiger partial charge in [0.2, 0.25) is 0 Å². The van der Waals surface area contributed by atoms with Crippen LogP contribution in [0.2, 0.25) is 0 Å². The van der Waals surface area contributed by atoms with Gasteiger partial charge in [-0.3, -0.25) is 0 Å². The van der Waals surface area contributed by atoms with Crippen molar-refractivity contribution in [1.82, 2.24) is 5.32 Å². The van der Waals surface area contributed by atoms with Gasteiger partial charge in [0, 0.05) is 17.8 Å². The van der Waals surface area contributed by atoms with Crippen molar-refractivity contribution in [2.24, 2.45) is 0 Å². The molecule has 0 radical (unpaired) electrons. The summed E-state index contributed by atoms with van der Waals surface area (Å²) >= 11 is 0. The highest BCUT2D eigenvalue weighted by atomic mass is 16.5. The molecular formula is C20H20N2O3. The van der Waals surface area contributed by atoms with Gasteiger partial charge < -0.3 is 20.5 Å². The molecule has 3 N–H and O–H groups in total. The van der Waals surface area contributed by atoms with E-state index in [4.69, 9.17) is 9.84 Å². The molecule has 128 valence electrons. The molecule has 5 nitrogen and oxygen atoms in total. The van der Waals surface area contributed by atoms with E-state index in [1.54, 1.807) is 0 Å². The Morgan fingerprint density at radius 2 is 1.72 bits per heavy atom. The lowest BCUT2D eigenvalue weighted by molar-refractivity contribution is 0.200. The van der Waals surface area contributed by atoms with Crippen LogP contribution in [-0.4, -0.2) is 24.4 Å². The average molecular weight is 336 g/mol. The molecular weight excluding hydrogens is 316 g/mol. The highest BCUT2D eigenvalue weighted by Gasteiger charge is 2.06. The number of hydrogen-bond acceptors (Lipinski definition) is 3. The van der Waals surface area contributed by atoms with E-state index in [1.165, 1.54) is 0 Å². The fraction of sp³-hybridized carbons (Fsp3) is 0.150. The summed E-state index contributed by atoms with van der Waals surface area (Å²) in [5.74, 6) is 0.655. The summed E-state index contributed by atoms with van der Waals surface area (Å²) < 4.78 is 5.46. The van der Waals surface area contributed by atoms with E-state index in [-0.39, 0.29) is 19.2 Å². The van der Waals surface area contributed by atoms with Gasteiger partial charge in [-0.15, -0.1) is 0 Å². The number of aliphatic hydroxyl groups is 1. The van der Waals surface area contributed by atoms with Crippen molar-refractivity contribution in [3.8, 4) is 5.75 Å². The maximum absolute atomic E-state index is 12.1. The Kier molecular flexibility index (Phi) is 5.49. The van der Waals surface area contributed by atoms with E-state index in [0.29, 0.717) is 12.3 Å². The van der Waals surface area contributed by atoms with Crippen molar-refractivity contribution < 1.29 is 14.6 Å². The lowest BCUT2D eigenvalue weighted by Crippen LogP contribution is -2.28. The van der Waals surface area contributed by atoms with E-state index in [2.05, 4.69) is 10.6 Å².